The summed E-state index contributed by atoms with van der Waals surface area (Å²) in [7, 11) is 0. The summed E-state index contributed by atoms with van der Waals surface area (Å²) in [6.45, 7) is 3.05. The van der Waals surface area contributed by atoms with Crippen molar-refractivity contribution < 1.29 is 9.53 Å². The predicted octanol–water partition coefficient (Wildman–Crippen LogP) is 3.78. The summed E-state index contributed by atoms with van der Waals surface area (Å²) in [5.41, 5.74) is 2.47. The molecule has 0 bridgehead atoms. The van der Waals surface area contributed by atoms with E-state index in [1.165, 1.54) is 11.1 Å². The quantitative estimate of drug-likeness (QED) is 0.844. The van der Waals surface area contributed by atoms with Crippen LogP contribution in [0.3, 0.4) is 0 Å². The van der Waals surface area contributed by atoms with Gasteiger partial charge in [-0.1, -0.05) is 47.5 Å². The molecule has 116 valence electrons. The van der Waals surface area contributed by atoms with Gasteiger partial charge in [-0.15, -0.1) is 0 Å². The molecule has 2 aromatic rings. The minimum Gasteiger partial charge on any atom is -0.493 e. The molecule has 0 saturated heterocycles. The number of ether oxygens (including phenoxy) is 1. The number of aryl methyl sites for hydroxylation is 1. The molecule has 0 aliphatic rings. The van der Waals surface area contributed by atoms with Crippen molar-refractivity contribution in [3.63, 3.8) is 0 Å². The first-order chi connectivity index (χ1) is 10.6. The van der Waals surface area contributed by atoms with Crippen LogP contribution >= 0.6 is 11.6 Å². The van der Waals surface area contributed by atoms with E-state index in [-0.39, 0.29) is 5.91 Å². The van der Waals surface area contributed by atoms with Gasteiger partial charge in [0.05, 0.1) is 13.0 Å². The van der Waals surface area contributed by atoms with Gasteiger partial charge in [0.25, 0.3) is 0 Å². The lowest BCUT2D eigenvalue weighted by Crippen LogP contribution is -2.27. The predicted molar refractivity (Wildman–Crippen MR) is 89.5 cm³/mol. The Morgan fingerprint density at radius 3 is 2.77 bits per heavy atom. The molecule has 0 saturated carbocycles. The molecule has 0 spiro atoms. The minimum atomic E-state index is -0.00492. The maximum atomic E-state index is 11.7. The normalized spacial score (nSPS) is 10.3. The van der Waals surface area contributed by atoms with Crippen LogP contribution in [-0.4, -0.2) is 19.1 Å². The fraction of sp³-hybridized carbons (Fsp3) is 0.278. The molecule has 22 heavy (non-hydrogen) atoms. The highest BCUT2D eigenvalue weighted by Gasteiger charge is 2.02. The van der Waals surface area contributed by atoms with Crippen LogP contribution in [0.4, 0.5) is 0 Å². The fourth-order valence-corrected chi connectivity index (χ4v) is 2.30. The second-order valence-electron chi connectivity index (χ2n) is 5.14. The fourth-order valence-electron chi connectivity index (χ4n) is 2.12. The molecular formula is C18H20ClNO2. The number of rotatable bonds is 7. The van der Waals surface area contributed by atoms with Crippen LogP contribution in [0.15, 0.2) is 48.5 Å². The molecule has 2 rings (SSSR count). The number of halogens is 1. The molecule has 0 aromatic heterocycles. The Balaban J connectivity index is 1.64. The highest BCUT2D eigenvalue weighted by molar-refractivity contribution is 6.30. The first-order valence-electron chi connectivity index (χ1n) is 7.34. The summed E-state index contributed by atoms with van der Waals surface area (Å²) < 4.78 is 5.49. The van der Waals surface area contributed by atoms with Gasteiger partial charge in [-0.25, -0.2) is 0 Å². The number of nitrogens with one attached hydrogen (secondary N) is 1. The van der Waals surface area contributed by atoms with Gasteiger partial charge in [0.2, 0.25) is 5.91 Å². The Morgan fingerprint density at radius 1 is 1.18 bits per heavy atom. The molecule has 0 heterocycles. The van der Waals surface area contributed by atoms with Crippen LogP contribution in [0.25, 0.3) is 0 Å². The lowest BCUT2D eigenvalue weighted by atomic mass is 10.1. The molecule has 1 N–H and O–H groups in total. The van der Waals surface area contributed by atoms with E-state index < -0.39 is 0 Å². The third-order valence-electron chi connectivity index (χ3n) is 3.21. The molecule has 2 aromatic carbocycles. The standard InChI is InChI=1S/C18H20ClNO2/c1-14-4-2-5-15(12-14)8-10-20-18(21)9-11-22-17-7-3-6-16(19)13-17/h2-7,12-13H,8-11H2,1H3,(H,20,21). The molecule has 1 amide bonds. The Labute approximate surface area is 136 Å². The summed E-state index contributed by atoms with van der Waals surface area (Å²) in [4.78, 5) is 11.7. The van der Waals surface area contributed by atoms with Crippen molar-refractivity contribution >= 4 is 17.5 Å². The first-order valence-corrected chi connectivity index (χ1v) is 7.72. The van der Waals surface area contributed by atoms with E-state index in [1.807, 2.05) is 18.2 Å². The van der Waals surface area contributed by atoms with Crippen molar-refractivity contribution in [1.29, 1.82) is 0 Å². The van der Waals surface area contributed by atoms with Gasteiger partial charge in [-0.3, -0.25) is 4.79 Å². The second kappa shape index (κ2) is 8.44. The van der Waals surface area contributed by atoms with Crippen LogP contribution in [-0.2, 0) is 11.2 Å². The van der Waals surface area contributed by atoms with E-state index >= 15 is 0 Å². The summed E-state index contributed by atoms with van der Waals surface area (Å²) in [5, 5.41) is 3.53. The van der Waals surface area contributed by atoms with Gasteiger partial charge < -0.3 is 10.1 Å². The Kier molecular flexibility index (Phi) is 6.28. The second-order valence-corrected chi connectivity index (χ2v) is 5.58. The molecule has 0 aliphatic carbocycles. The van der Waals surface area contributed by atoms with Crippen LogP contribution in [0.2, 0.25) is 5.02 Å². The van der Waals surface area contributed by atoms with E-state index in [2.05, 4.69) is 30.4 Å². The van der Waals surface area contributed by atoms with Crippen molar-refractivity contribution in [2.45, 2.75) is 19.8 Å². The van der Waals surface area contributed by atoms with Gasteiger partial charge in [-0.2, -0.15) is 0 Å². The van der Waals surface area contributed by atoms with Crippen LogP contribution in [0.1, 0.15) is 17.5 Å². The van der Waals surface area contributed by atoms with Gasteiger partial charge >= 0.3 is 0 Å². The molecule has 0 fully saturated rings. The zero-order valence-corrected chi connectivity index (χ0v) is 13.4. The van der Waals surface area contributed by atoms with E-state index in [4.69, 9.17) is 16.3 Å². The maximum absolute atomic E-state index is 11.7. The average molecular weight is 318 g/mol. The number of hydrogen-bond donors (Lipinski definition) is 1. The lowest BCUT2D eigenvalue weighted by molar-refractivity contribution is -0.121. The van der Waals surface area contributed by atoms with E-state index in [1.54, 1.807) is 12.1 Å². The third kappa shape index (κ3) is 5.78. The average Bonchev–Trinajstić information content (AvgIpc) is 2.47. The molecule has 0 aliphatic heterocycles. The monoisotopic (exact) mass is 317 g/mol. The molecule has 0 radical (unpaired) electrons. The van der Waals surface area contributed by atoms with Gasteiger partial charge in [0.1, 0.15) is 5.75 Å². The van der Waals surface area contributed by atoms with Gasteiger partial charge in [0.15, 0.2) is 0 Å². The van der Waals surface area contributed by atoms with Gasteiger partial charge in [-0.05, 0) is 37.1 Å². The number of carbonyl (C=O) groups is 1. The summed E-state index contributed by atoms with van der Waals surface area (Å²) >= 11 is 5.86. The van der Waals surface area contributed by atoms with Crippen molar-refractivity contribution in [3.8, 4) is 5.75 Å². The zero-order valence-electron chi connectivity index (χ0n) is 12.6. The smallest absolute Gasteiger partial charge is 0.223 e. The molecule has 0 atom stereocenters. The van der Waals surface area contributed by atoms with Crippen molar-refractivity contribution in [3.05, 3.63) is 64.7 Å². The molecule has 0 unspecified atom stereocenters. The van der Waals surface area contributed by atoms with Crippen LogP contribution < -0.4 is 10.1 Å². The van der Waals surface area contributed by atoms with Crippen LogP contribution in [0, 0.1) is 6.92 Å². The van der Waals surface area contributed by atoms with E-state index in [9.17, 15) is 4.79 Å². The highest BCUT2D eigenvalue weighted by Crippen LogP contribution is 2.17. The zero-order chi connectivity index (χ0) is 15.8. The van der Waals surface area contributed by atoms with Gasteiger partial charge in [0, 0.05) is 11.6 Å². The largest absolute Gasteiger partial charge is 0.493 e. The van der Waals surface area contributed by atoms with Crippen molar-refractivity contribution in [2.24, 2.45) is 0 Å². The molecular weight excluding hydrogens is 298 g/mol. The number of carbonyl (C=O) groups excluding carboxylic acids is 1. The number of hydrogen-bond acceptors (Lipinski definition) is 2. The third-order valence-corrected chi connectivity index (χ3v) is 3.45. The lowest BCUT2D eigenvalue weighted by Gasteiger charge is -2.08. The Bertz CT molecular complexity index is 574. The summed E-state index contributed by atoms with van der Waals surface area (Å²) in [5.74, 6) is 0.676. The minimum absolute atomic E-state index is 0.00492. The highest BCUT2D eigenvalue weighted by atomic mass is 35.5. The maximum Gasteiger partial charge on any atom is 0.223 e. The first kappa shape index (κ1) is 16.4. The number of benzene rings is 2. The topological polar surface area (TPSA) is 38.3 Å². The summed E-state index contributed by atoms with van der Waals surface area (Å²) in [6.07, 6.45) is 1.17. The summed E-state index contributed by atoms with van der Waals surface area (Å²) in [6, 6.07) is 15.5. The SMILES string of the molecule is Cc1cccc(CCNC(=O)CCOc2cccc(Cl)c2)c1. The Hall–Kier alpha value is -2.00. The molecule has 3 nitrogen and oxygen atoms in total. The number of amides is 1. The van der Waals surface area contributed by atoms with E-state index in [0.29, 0.717) is 30.3 Å². The van der Waals surface area contributed by atoms with Crippen LogP contribution in [0.5, 0.6) is 5.75 Å². The van der Waals surface area contributed by atoms with E-state index in [0.717, 1.165) is 6.42 Å². The van der Waals surface area contributed by atoms with Crippen molar-refractivity contribution in [1.82, 2.24) is 5.32 Å². The Morgan fingerprint density at radius 2 is 2.00 bits per heavy atom. The van der Waals surface area contributed by atoms with Crippen molar-refractivity contribution in [2.75, 3.05) is 13.2 Å². The molecule has 4 heteroatoms.